The largest absolute Gasteiger partial charge is 0.304 e. The zero-order chi connectivity index (χ0) is 10.8. The summed E-state index contributed by atoms with van der Waals surface area (Å²) in [6, 6.07) is 1.07. The van der Waals surface area contributed by atoms with Gasteiger partial charge in [-0.2, -0.15) is 11.8 Å². The number of hydrogen-bond donors (Lipinski definition) is 1. The van der Waals surface area contributed by atoms with Gasteiger partial charge in [-0.15, -0.1) is 11.3 Å². The van der Waals surface area contributed by atoms with Gasteiger partial charge in [-0.3, -0.25) is 0 Å². The predicted molar refractivity (Wildman–Crippen MR) is 68.7 cm³/mol. The average molecular weight is 242 g/mol. The first-order chi connectivity index (χ1) is 7.15. The first-order valence-electron chi connectivity index (χ1n) is 5.45. The van der Waals surface area contributed by atoms with E-state index >= 15 is 0 Å². The highest BCUT2D eigenvalue weighted by Crippen LogP contribution is 2.28. The topological polar surface area (TPSA) is 24.9 Å². The summed E-state index contributed by atoms with van der Waals surface area (Å²) >= 11 is 3.83. The van der Waals surface area contributed by atoms with Crippen molar-refractivity contribution < 1.29 is 0 Å². The second kappa shape index (κ2) is 4.85. The summed E-state index contributed by atoms with van der Waals surface area (Å²) in [7, 11) is 0. The van der Waals surface area contributed by atoms with Crippen molar-refractivity contribution in [2.24, 2.45) is 0 Å². The Kier molecular flexibility index (Phi) is 3.69. The number of thioether (sulfide) groups is 1. The van der Waals surface area contributed by atoms with Gasteiger partial charge < -0.3 is 5.32 Å². The molecule has 1 fully saturated rings. The van der Waals surface area contributed by atoms with Crippen molar-refractivity contribution in [1.82, 2.24) is 10.3 Å². The van der Waals surface area contributed by atoms with Gasteiger partial charge in [0, 0.05) is 28.1 Å². The van der Waals surface area contributed by atoms with Crippen LogP contribution in [0, 0.1) is 6.92 Å². The molecule has 1 saturated heterocycles. The molecule has 15 heavy (non-hydrogen) atoms. The Bertz CT molecular complexity index is 324. The lowest BCUT2D eigenvalue weighted by Gasteiger charge is -2.16. The normalized spacial score (nSPS) is 28.2. The summed E-state index contributed by atoms with van der Waals surface area (Å²) in [6.45, 7) is 6.58. The van der Waals surface area contributed by atoms with Gasteiger partial charge in [0.1, 0.15) is 5.01 Å². The molecule has 1 N–H and O–H groups in total. The molecule has 1 aliphatic heterocycles. The highest BCUT2D eigenvalue weighted by atomic mass is 32.2. The molecule has 0 radical (unpaired) electrons. The highest BCUT2D eigenvalue weighted by molar-refractivity contribution is 8.00. The minimum Gasteiger partial charge on any atom is -0.304 e. The lowest BCUT2D eigenvalue weighted by Crippen LogP contribution is -2.31. The first-order valence-corrected chi connectivity index (χ1v) is 7.37. The predicted octanol–water partition coefficient (Wildman–Crippen LogP) is 3.00. The fraction of sp³-hybridized carbons (Fsp3) is 0.727. The van der Waals surface area contributed by atoms with E-state index in [9.17, 15) is 0 Å². The monoisotopic (exact) mass is 242 g/mol. The van der Waals surface area contributed by atoms with Crippen LogP contribution in [0.5, 0.6) is 0 Å². The Morgan fingerprint density at radius 2 is 2.40 bits per heavy atom. The maximum Gasteiger partial charge on any atom is 0.110 e. The van der Waals surface area contributed by atoms with Crippen molar-refractivity contribution in [3.63, 3.8) is 0 Å². The van der Waals surface area contributed by atoms with Crippen LogP contribution in [0.15, 0.2) is 5.38 Å². The molecule has 3 unspecified atom stereocenters. The molecule has 0 spiro atoms. The molecule has 1 aromatic rings. The molecule has 84 valence electrons. The van der Waals surface area contributed by atoms with E-state index in [-0.39, 0.29) is 0 Å². The number of nitrogens with one attached hydrogen (secondary N) is 1. The van der Waals surface area contributed by atoms with E-state index in [0.29, 0.717) is 12.1 Å². The fourth-order valence-electron chi connectivity index (χ4n) is 1.93. The van der Waals surface area contributed by atoms with Crippen LogP contribution in [0.1, 0.15) is 37.0 Å². The number of aromatic nitrogens is 1. The molecular formula is C11H18N2S2. The van der Waals surface area contributed by atoms with Crippen molar-refractivity contribution in [3.8, 4) is 0 Å². The van der Waals surface area contributed by atoms with E-state index in [1.165, 1.54) is 17.2 Å². The Morgan fingerprint density at radius 1 is 1.60 bits per heavy atom. The second-order valence-corrected chi connectivity index (χ2v) is 6.65. The van der Waals surface area contributed by atoms with E-state index in [4.69, 9.17) is 0 Å². The van der Waals surface area contributed by atoms with Gasteiger partial charge >= 0.3 is 0 Å². The number of hydrogen-bond acceptors (Lipinski definition) is 4. The van der Waals surface area contributed by atoms with Gasteiger partial charge in [-0.25, -0.2) is 4.98 Å². The lowest BCUT2D eigenvalue weighted by molar-refractivity contribution is 0.473. The van der Waals surface area contributed by atoms with Crippen molar-refractivity contribution in [2.75, 3.05) is 5.75 Å². The van der Waals surface area contributed by atoms with E-state index in [1.807, 2.05) is 0 Å². The molecule has 3 atom stereocenters. The highest BCUT2D eigenvalue weighted by Gasteiger charge is 2.23. The van der Waals surface area contributed by atoms with Crippen molar-refractivity contribution in [2.45, 2.75) is 44.5 Å². The van der Waals surface area contributed by atoms with Crippen LogP contribution in [0.25, 0.3) is 0 Å². The molecular weight excluding hydrogens is 224 g/mol. The third-order valence-corrected chi connectivity index (χ3v) is 5.19. The molecule has 2 heterocycles. The van der Waals surface area contributed by atoms with Crippen LogP contribution >= 0.6 is 23.1 Å². The molecule has 0 amide bonds. The maximum absolute atomic E-state index is 4.52. The first kappa shape index (κ1) is 11.4. The van der Waals surface area contributed by atoms with Crippen LogP contribution in [-0.2, 0) is 0 Å². The smallest absolute Gasteiger partial charge is 0.110 e. The zero-order valence-corrected chi connectivity index (χ0v) is 11.1. The van der Waals surface area contributed by atoms with Crippen molar-refractivity contribution in [3.05, 3.63) is 16.1 Å². The molecule has 4 heteroatoms. The SMILES string of the molecule is Cc1csc(C(C)NC2CSC(C)C2)n1. The second-order valence-electron chi connectivity index (χ2n) is 4.29. The fourth-order valence-corrected chi connectivity index (χ4v) is 3.90. The Balaban J connectivity index is 1.89. The average Bonchev–Trinajstić information content (AvgIpc) is 2.75. The molecule has 0 saturated carbocycles. The van der Waals surface area contributed by atoms with Gasteiger partial charge in [-0.1, -0.05) is 6.92 Å². The van der Waals surface area contributed by atoms with Crippen molar-refractivity contribution in [1.29, 1.82) is 0 Å². The Morgan fingerprint density at radius 3 is 2.93 bits per heavy atom. The number of nitrogens with zero attached hydrogens (tertiary/aromatic N) is 1. The molecule has 1 aromatic heterocycles. The summed E-state index contributed by atoms with van der Waals surface area (Å²) in [5.74, 6) is 1.25. The molecule has 2 rings (SSSR count). The lowest BCUT2D eigenvalue weighted by atomic mass is 10.2. The Labute approximate surface area is 99.9 Å². The molecule has 0 bridgehead atoms. The minimum atomic E-state index is 0.402. The Hall–Kier alpha value is -0.0600. The summed E-state index contributed by atoms with van der Waals surface area (Å²) in [6.07, 6.45) is 1.29. The van der Waals surface area contributed by atoms with Crippen LogP contribution in [0.3, 0.4) is 0 Å². The quantitative estimate of drug-likeness (QED) is 0.882. The summed E-state index contributed by atoms with van der Waals surface area (Å²) in [5, 5.41) is 7.82. The molecule has 2 nitrogen and oxygen atoms in total. The number of aryl methyl sites for hydroxylation is 1. The molecule has 1 aliphatic rings. The molecule has 0 aromatic carbocycles. The van der Waals surface area contributed by atoms with E-state index < -0.39 is 0 Å². The number of thiazole rings is 1. The third kappa shape index (κ3) is 2.95. The van der Waals surface area contributed by atoms with Crippen LogP contribution in [0.2, 0.25) is 0 Å². The van der Waals surface area contributed by atoms with Gasteiger partial charge in [0.2, 0.25) is 0 Å². The van der Waals surface area contributed by atoms with Gasteiger partial charge in [-0.05, 0) is 20.3 Å². The maximum atomic E-state index is 4.52. The summed E-state index contributed by atoms with van der Waals surface area (Å²) in [4.78, 5) is 4.52. The molecule has 0 aliphatic carbocycles. The van der Waals surface area contributed by atoms with Crippen LogP contribution in [0.4, 0.5) is 0 Å². The zero-order valence-electron chi connectivity index (χ0n) is 9.49. The summed E-state index contributed by atoms with van der Waals surface area (Å²) < 4.78 is 0. The van der Waals surface area contributed by atoms with Gasteiger partial charge in [0.05, 0.1) is 6.04 Å². The van der Waals surface area contributed by atoms with E-state index in [0.717, 1.165) is 10.9 Å². The summed E-state index contributed by atoms with van der Waals surface area (Å²) in [5.41, 5.74) is 1.14. The minimum absolute atomic E-state index is 0.402. The van der Waals surface area contributed by atoms with Gasteiger partial charge in [0.15, 0.2) is 0 Å². The number of rotatable bonds is 3. The van der Waals surface area contributed by atoms with Crippen LogP contribution < -0.4 is 5.32 Å². The third-order valence-electron chi connectivity index (χ3n) is 2.69. The van der Waals surface area contributed by atoms with E-state index in [2.05, 4.69) is 48.2 Å². The van der Waals surface area contributed by atoms with E-state index in [1.54, 1.807) is 11.3 Å². The van der Waals surface area contributed by atoms with Crippen LogP contribution in [-0.4, -0.2) is 22.0 Å². The van der Waals surface area contributed by atoms with Gasteiger partial charge in [0.25, 0.3) is 0 Å². The standard InChI is InChI=1S/C11H18N2S2/c1-7-5-15-11(12-7)9(3)13-10-4-8(2)14-6-10/h5,8-10,13H,4,6H2,1-3H3. The van der Waals surface area contributed by atoms with Crippen molar-refractivity contribution >= 4 is 23.1 Å².